The van der Waals surface area contributed by atoms with Crippen LogP contribution in [0.2, 0.25) is 0 Å². The monoisotopic (exact) mass is 515 g/mol. The Morgan fingerprint density at radius 3 is 2.28 bits per heavy atom. The molecule has 29 heavy (non-hydrogen) atoms. The number of amides is 1. The van der Waals surface area contributed by atoms with Gasteiger partial charge in [-0.2, -0.15) is 0 Å². The van der Waals surface area contributed by atoms with Gasteiger partial charge in [-0.25, -0.2) is 9.79 Å². The van der Waals surface area contributed by atoms with E-state index in [2.05, 4.69) is 62.3 Å². The molecule has 0 unspecified atom stereocenters. The van der Waals surface area contributed by atoms with E-state index in [9.17, 15) is 4.79 Å². The SMILES string of the molecule is CCNC(=NCc1ccc(N2CC=CC2)cc1)NCCNC(=O)OC(C)(C)C.I. The first-order chi connectivity index (χ1) is 13.4. The number of hydrogen-bond donors (Lipinski definition) is 3. The Hall–Kier alpha value is -1.97. The largest absolute Gasteiger partial charge is 0.444 e. The second kappa shape index (κ2) is 12.6. The fraction of sp³-hybridized carbons (Fsp3) is 0.524. The molecule has 0 fully saturated rings. The van der Waals surface area contributed by atoms with Crippen LogP contribution in [0.25, 0.3) is 0 Å². The van der Waals surface area contributed by atoms with E-state index >= 15 is 0 Å². The van der Waals surface area contributed by atoms with Gasteiger partial charge in [0, 0.05) is 38.4 Å². The van der Waals surface area contributed by atoms with Crippen molar-refractivity contribution in [3.8, 4) is 0 Å². The fourth-order valence-electron chi connectivity index (χ4n) is 2.67. The molecule has 162 valence electrons. The Kier molecular flexibility index (Phi) is 10.9. The summed E-state index contributed by atoms with van der Waals surface area (Å²) in [7, 11) is 0. The maximum Gasteiger partial charge on any atom is 0.407 e. The highest BCUT2D eigenvalue weighted by Crippen LogP contribution is 2.17. The molecule has 8 heteroatoms. The lowest BCUT2D eigenvalue weighted by molar-refractivity contribution is 0.0529. The summed E-state index contributed by atoms with van der Waals surface area (Å²) in [4.78, 5) is 18.6. The number of benzene rings is 1. The summed E-state index contributed by atoms with van der Waals surface area (Å²) < 4.78 is 5.21. The van der Waals surface area contributed by atoms with E-state index in [4.69, 9.17) is 4.74 Å². The van der Waals surface area contributed by atoms with Crippen molar-refractivity contribution >= 4 is 41.7 Å². The van der Waals surface area contributed by atoms with E-state index in [0.717, 1.165) is 31.2 Å². The van der Waals surface area contributed by atoms with Crippen LogP contribution in [0, 0.1) is 0 Å². The van der Waals surface area contributed by atoms with E-state index in [1.807, 2.05) is 27.7 Å². The van der Waals surface area contributed by atoms with Crippen LogP contribution in [-0.2, 0) is 11.3 Å². The van der Waals surface area contributed by atoms with Crippen molar-refractivity contribution in [3.05, 3.63) is 42.0 Å². The average Bonchev–Trinajstić information content (AvgIpc) is 3.17. The number of alkyl carbamates (subject to hydrolysis) is 1. The molecule has 0 atom stereocenters. The quantitative estimate of drug-likeness (QED) is 0.171. The summed E-state index contributed by atoms with van der Waals surface area (Å²) in [5, 5.41) is 9.16. The van der Waals surface area contributed by atoms with Gasteiger partial charge < -0.3 is 25.6 Å². The highest BCUT2D eigenvalue weighted by atomic mass is 127. The standard InChI is InChI=1S/C21H33N5O2.HI/c1-5-22-19(23-12-13-24-20(27)28-21(2,3)4)25-16-17-8-10-18(11-9-17)26-14-6-7-15-26;/h6-11H,5,12-16H2,1-4H3,(H,24,27)(H2,22,23,25);1H. The van der Waals surface area contributed by atoms with Crippen molar-refractivity contribution in [2.45, 2.75) is 39.8 Å². The van der Waals surface area contributed by atoms with Crippen molar-refractivity contribution in [3.63, 3.8) is 0 Å². The van der Waals surface area contributed by atoms with Crippen LogP contribution in [0.4, 0.5) is 10.5 Å². The lowest BCUT2D eigenvalue weighted by Crippen LogP contribution is -2.42. The van der Waals surface area contributed by atoms with Crippen LogP contribution in [0.15, 0.2) is 41.4 Å². The number of aliphatic imine (C=N–C) groups is 1. The van der Waals surface area contributed by atoms with Gasteiger partial charge >= 0.3 is 6.09 Å². The lowest BCUT2D eigenvalue weighted by Gasteiger charge is -2.20. The minimum absolute atomic E-state index is 0. The van der Waals surface area contributed by atoms with Gasteiger partial charge in [0.25, 0.3) is 0 Å². The topological polar surface area (TPSA) is 78.0 Å². The first kappa shape index (κ1) is 25.1. The molecule has 0 saturated carbocycles. The van der Waals surface area contributed by atoms with Gasteiger partial charge in [0.15, 0.2) is 5.96 Å². The van der Waals surface area contributed by atoms with Crippen molar-refractivity contribution in [1.29, 1.82) is 0 Å². The molecule has 3 N–H and O–H groups in total. The number of ether oxygens (including phenoxy) is 1. The summed E-state index contributed by atoms with van der Waals surface area (Å²) in [6.07, 6.45) is 3.96. The second-order valence-electron chi connectivity index (χ2n) is 7.59. The number of halogens is 1. The highest BCUT2D eigenvalue weighted by Gasteiger charge is 2.15. The molecule has 1 aliphatic rings. The highest BCUT2D eigenvalue weighted by molar-refractivity contribution is 14.0. The Morgan fingerprint density at radius 2 is 1.69 bits per heavy atom. The maximum atomic E-state index is 11.6. The normalized spacial score (nSPS) is 13.7. The number of carbonyl (C=O) groups is 1. The maximum absolute atomic E-state index is 11.6. The number of nitrogens with zero attached hydrogens (tertiary/aromatic N) is 2. The van der Waals surface area contributed by atoms with E-state index in [1.165, 1.54) is 5.69 Å². The molecule has 0 aliphatic carbocycles. The fourth-order valence-corrected chi connectivity index (χ4v) is 2.67. The lowest BCUT2D eigenvalue weighted by atomic mass is 10.2. The molecule has 1 aromatic carbocycles. The van der Waals surface area contributed by atoms with Crippen molar-refractivity contribution in [2.75, 3.05) is 37.6 Å². The minimum atomic E-state index is -0.491. The number of rotatable bonds is 7. The Labute approximate surface area is 191 Å². The zero-order valence-electron chi connectivity index (χ0n) is 17.8. The van der Waals surface area contributed by atoms with Crippen LogP contribution in [0.1, 0.15) is 33.3 Å². The molecule has 1 aliphatic heterocycles. The van der Waals surface area contributed by atoms with Crippen molar-refractivity contribution in [1.82, 2.24) is 16.0 Å². The molecule has 2 rings (SSSR count). The molecular formula is C21H34IN5O2. The summed E-state index contributed by atoms with van der Waals surface area (Å²) in [5.41, 5.74) is 1.89. The molecular weight excluding hydrogens is 481 g/mol. The first-order valence-corrected chi connectivity index (χ1v) is 9.85. The zero-order valence-corrected chi connectivity index (χ0v) is 20.2. The molecule has 0 bridgehead atoms. The number of nitrogens with one attached hydrogen (secondary N) is 3. The molecule has 0 saturated heterocycles. The zero-order chi connectivity index (χ0) is 20.4. The van der Waals surface area contributed by atoms with Crippen molar-refractivity contribution in [2.24, 2.45) is 4.99 Å². The van der Waals surface area contributed by atoms with Gasteiger partial charge in [-0.1, -0.05) is 24.3 Å². The third kappa shape index (κ3) is 9.87. The summed E-state index contributed by atoms with van der Waals surface area (Å²) in [5.74, 6) is 0.723. The molecule has 0 aromatic heterocycles. The van der Waals surface area contributed by atoms with E-state index in [1.54, 1.807) is 0 Å². The van der Waals surface area contributed by atoms with Gasteiger partial charge in [0.05, 0.1) is 6.54 Å². The third-order valence-electron chi connectivity index (χ3n) is 3.97. The smallest absolute Gasteiger partial charge is 0.407 e. The molecule has 1 aromatic rings. The van der Waals surface area contributed by atoms with Crippen LogP contribution in [-0.4, -0.2) is 50.4 Å². The van der Waals surface area contributed by atoms with Gasteiger partial charge in [-0.3, -0.25) is 0 Å². The van der Waals surface area contributed by atoms with Crippen molar-refractivity contribution < 1.29 is 9.53 Å². The first-order valence-electron chi connectivity index (χ1n) is 9.85. The Morgan fingerprint density at radius 1 is 1.07 bits per heavy atom. The molecule has 0 spiro atoms. The Bertz CT molecular complexity index is 675. The molecule has 0 radical (unpaired) electrons. The number of guanidine groups is 1. The van der Waals surface area contributed by atoms with Gasteiger partial charge in [0.1, 0.15) is 5.60 Å². The van der Waals surface area contributed by atoms with Crippen LogP contribution in [0.5, 0.6) is 0 Å². The second-order valence-corrected chi connectivity index (χ2v) is 7.59. The summed E-state index contributed by atoms with van der Waals surface area (Å²) in [6, 6.07) is 8.52. The van der Waals surface area contributed by atoms with Crippen LogP contribution in [0.3, 0.4) is 0 Å². The van der Waals surface area contributed by atoms with Gasteiger partial charge in [0.2, 0.25) is 0 Å². The van der Waals surface area contributed by atoms with E-state index < -0.39 is 11.7 Å². The average molecular weight is 515 g/mol. The minimum Gasteiger partial charge on any atom is -0.444 e. The third-order valence-corrected chi connectivity index (χ3v) is 3.97. The molecule has 1 heterocycles. The number of hydrogen-bond acceptors (Lipinski definition) is 4. The van der Waals surface area contributed by atoms with Gasteiger partial charge in [-0.15, -0.1) is 24.0 Å². The number of carbonyl (C=O) groups excluding carboxylic acids is 1. The molecule has 1 amide bonds. The Balaban J connectivity index is 0.00000420. The predicted octanol–water partition coefficient (Wildman–Crippen LogP) is 3.26. The van der Waals surface area contributed by atoms with E-state index in [0.29, 0.717) is 19.6 Å². The van der Waals surface area contributed by atoms with Gasteiger partial charge in [-0.05, 0) is 45.4 Å². The van der Waals surface area contributed by atoms with E-state index in [-0.39, 0.29) is 24.0 Å². The summed E-state index contributed by atoms with van der Waals surface area (Å²) >= 11 is 0. The molecule has 7 nitrogen and oxygen atoms in total. The summed E-state index contributed by atoms with van der Waals surface area (Å²) in [6.45, 7) is 11.9. The predicted molar refractivity (Wildman–Crippen MR) is 130 cm³/mol. The van der Waals surface area contributed by atoms with Crippen LogP contribution < -0.4 is 20.9 Å². The number of anilines is 1. The van der Waals surface area contributed by atoms with Crippen LogP contribution >= 0.6 is 24.0 Å².